The largest absolute Gasteiger partial charge is 0.489 e. The third-order valence-corrected chi connectivity index (χ3v) is 3.09. The van der Waals surface area contributed by atoms with E-state index < -0.39 is 0 Å². The van der Waals surface area contributed by atoms with Crippen LogP contribution in [0.2, 0.25) is 10.0 Å². The van der Waals surface area contributed by atoms with E-state index in [-0.39, 0.29) is 0 Å². The maximum Gasteiger partial charge on any atom is 0.123 e. The van der Waals surface area contributed by atoms with Gasteiger partial charge in [0.2, 0.25) is 0 Å². The Morgan fingerprint density at radius 1 is 1.00 bits per heavy atom. The summed E-state index contributed by atoms with van der Waals surface area (Å²) in [6.07, 6.45) is 0. The summed E-state index contributed by atoms with van der Waals surface area (Å²) in [5, 5.41) is 1.09. The van der Waals surface area contributed by atoms with Gasteiger partial charge in [0.05, 0.1) is 10.0 Å². The van der Waals surface area contributed by atoms with Crippen LogP contribution in [0.25, 0.3) is 0 Å². The van der Waals surface area contributed by atoms with Crippen molar-refractivity contribution in [3.05, 3.63) is 70.6 Å². The topological polar surface area (TPSA) is 9.23 Å². The van der Waals surface area contributed by atoms with Gasteiger partial charge in [-0.3, -0.25) is 0 Å². The summed E-state index contributed by atoms with van der Waals surface area (Å²) in [4.78, 5) is 0. The predicted molar refractivity (Wildman–Crippen MR) is 71.7 cm³/mol. The Bertz CT molecular complexity index is 523. The Morgan fingerprint density at radius 2 is 1.76 bits per heavy atom. The van der Waals surface area contributed by atoms with E-state index in [1.807, 2.05) is 30.3 Å². The molecule has 0 aliphatic heterocycles. The molecule has 0 aliphatic carbocycles. The zero-order chi connectivity index (χ0) is 12.3. The minimum atomic E-state index is 0.448. The van der Waals surface area contributed by atoms with E-state index >= 15 is 0 Å². The summed E-state index contributed by atoms with van der Waals surface area (Å²) in [7, 11) is 0. The Morgan fingerprint density at radius 3 is 2.47 bits per heavy atom. The van der Waals surface area contributed by atoms with E-state index in [9.17, 15) is 0 Å². The van der Waals surface area contributed by atoms with Crippen LogP contribution in [0.3, 0.4) is 0 Å². The number of halogens is 2. The van der Waals surface area contributed by atoms with Gasteiger partial charge in [-0.1, -0.05) is 47.5 Å². The third kappa shape index (κ3) is 3.15. The normalized spacial score (nSPS) is 10.3. The molecule has 2 rings (SSSR count). The molecule has 17 heavy (non-hydrogen) atoms. The fourth-order valence-corrected chi connectivity index (χ4v) is 1.76. The second-order valence-corrected chi connectivity index (χ2v) is 4.46. The highest BCUT2D eigenvalue weighted by molar-refractivity contribution is 6.42. The first kappa shape index (κ1) is 12.3. The number of hydrogen-bond donors (Lipinski definition) is 0. The number of para-hydroxylation sites is 1. The molecule has 2 aromatic carbocycles. The van der Waals surface area contributed by atoms with Gasteiger partial charge >= 0.3 is 0 Å². The number of benzene rings is 2. The molecule has 0 amide bonds. The van der Waals surface area contributed by atoms with E-state index in [2.05, 4.69) is 6.92 Å². The lowest BCUT2D eigenvalue weighted by atomic mass is 10.2. The lowest BCUT2D eigenvalue weighted by molar-refractivity contribution is 0.305. The van der Waals surface area contributed by atoms with Crippen LogP contribution in [0, 0.1) is 6.92 Å². The maximum atomic E-state index is 5.93. The van der Waals surface area contributed by atoms with Crippen molar-refractivity contribution >= 4 is 23.2 Å². The second-order valence-electron chi connectivity index (χ2n) is 3.64. The van der Waals surface area contributed by atoms with Gasteiger partial charge in [0.1, 0.15) is 12.4 Å². The fraction of sp³-hybridized carbons (Fsp3) is 0.0714. The highest BCUT2D eigenvalue weighted by Crippen LogP contribution is 2.24. The number of ether oxygens (including phenoxy) is 1. The Kier molecular flexibility index (Phi) is 3.93. The van der Waals surface area contributed by atoms with Crippen molar-refractivity contribution in [2.24, 2.45) is 0 Å². The first-order valence-electron chi connectivity index (χ1n) is 5.14. The van der Waals surface area contributed by atoms with E-state index in [0.717, 1.165) is 16.9 Å². The van der Waals surface area contributed by atoms with Crippen molar-refractivity contribution in [2.75, 3.05) is 0 Å². The predicted octanol–water partition coefficient (Wildman–Crippen LogP) is 4.75. The molecule has 0 bridgehead atoms. The van der Waals surface area contributed by atoms with Crippen molar-refractivity contribution in [3.8, 4) is 5.75 Å². The molecule has 0 spiro atoms. The summed E-state index contributed by atoms with van der Waals surface area (Å²) < 4.78 is 5.65. The zero-order valence-electron chi connectivity index (χ0n) is 9.12. The quantitative estimate of drug-likeness (QED) is 0.778. The maximum absolute atomic E-state index is 5.93. The van der Waals surface area contributed by atoms with E-state index in [1.54, 1.807) is 12.1 Å². The van der Waals surface area contributed by atoms with Gasteiger partial charge < -0.3 is 4.74 Å². The summed E-state index contributed by atoms with van der Waals surface area (Å²) in [5.41, 5.74) is 1.84. The molecule has 1 nitrogen and oxygen atoms in total. The Labute approximate surface area is 111 Å². The number of hydrogen-bond acceptors (Lipinski definition) is 1. The molecular formula is C14H11Cl2O. The van der Waals surface area contributed by atoms with E-state index in [1.165, 1.54) is 0 Å². The number of rotatable bonds is 3. The van der Waals surface area contributed by atoms with Crippen molar-refractivity contribution < 1.29 is 4.74 Å². The minimum Gasteiger partial charge on any atom is -0.489 e. The van der Waals surface area contributed by atoms with Crippen molar-refractivity contribution in [1.29, 1.82) is 0 Å². The molecule has 1 radical (unpaired) electrons. The summed E-state index contributed by atoms with van der Waals surface area (Å²) in [5.74, 6) is 0.776. The molecule has 0 unspecified atom stereocenters. The van der Waals surface area contributed by atoms with E-state index in [0.29, 0.717) is 16.7 Å². The monoisotopic (exact) mass is 265 g/mol. The van der Waals surface area contributed by atoms with Crippen molar-refractivity contribution in [1.82, 2.24) is 0 Å². The lowest BCUT2D eigenvalue weighted by Crippen LogP contribution is -1.96. The van der Waals surface area contributed by atoms with Crippen LogP contribution in [-0.2, 0) is 6.61 Å². The molecule has 2 aromatic rings. The molecule has 0 aliphatic rings. The Balaban J connectivity index is 2.08. The molecule has 0 saturated heterocycles. The van der Waals surface area contributed by atoms with Gasteiger partial charge in [0.25, 0.3) is 0 Å². The first-order chi connectivity index (χ1) is 8.16. The molecule has 87 valence electrons. The SMILES string of the molecule is [CH2]c1ccccc1OCc1ccc(Cl)c(Cl)c1. The van der Waals surface area contributed by atoms with Crippen molar-refractivity contribution in [2.45, 2.75) is 6.61 Å². The molecule has 0 N–H and O–H groups in total. The van der Waals surface area contributed by atoms with Crippen molar-refractivity contribution in [3.63, 3.8) is 0 Å². The molecule has 0 aromatic heterocycles. The van der Waals surface area contributed by atoms with Gasteiger partial charge in [0, 0.05) is 0 Å². The third-order valence-electron chi connectivity index (χ3n) is 2.35. The van der Waals surface area contributed by atoms with Gasteiger partial charge in [-0.05, 0) is 36.2 Å². The summed E-state index contributed by atoms with van der Waals surface area (Å²) >= 11 is 11.8. The van der Waals surface area contributed by atoms with Gasteiger partial charge in [-0.25, -0.2) is 0 Å². The highest BCUT2D eigenvalue weighted by atomic mass is 35.5. The van der Waals surface area contributed by atoms with Crippen LogP contribution in [0.15, 0.2) is 42.5 Å². The molecular weight excluding hydrogens is 255 g/mol. The fourth-order valence-electron chi connectivity index (χ4n) is 1.44. The summed E-state index contributed by atoms with van der Waals surface area (Å²) in [6, 6.07) is 13.1. The highest BCUT2D eigenvalue weighted by Gasteiger charge is 2.02. The lowest BCUT2D eigenvalue weighted by Gasteiger charge is -2.09. The van der Waals surface area contributed by atoms with Crippen LogP contribution in [0.5, 0.6) is 5.75 Å². The molecule has 0 saturated carbocycles. The zero-order valence-corrected chi connectivity index (χ0v) is 10.6. The Hall–Kier alpha value is -1.18. The molecule has 0 atom stereocenters. The molecule has 3 heteroatoms. The van der Waals surface area contributed by atoms with E-state index in [4.69, 9.17) is 27.9 Å². The standard InChI is InChI=1S/C14H11Cl2O/c1-10-4-2-3-5-14(10)17-9-11-6-7-12(15)13(16)8-11/h2-8H,1,9H2. The van der Waals surface area contributed by atoms with Crippen LogP contribution in [0.1, 0.15) is 11.1 Å². The first-order valence-corrected chi connectivity index (χ1v) is 5.90. The molecule has 0 heterocycles. The average molecular weight is 266 g/mol. The van der Waals surface area contributed by atoms with Crippen LogP contribution in [-0.4, -0.2) is 0 Å². The van der Waals surface area contributed by atoms with Gasteiger partial charge in [-0.2, -0.15) is 0 Å². The van der Waals surface area contributed by atoms with Crippen LogP contribution in [0.4, 0.5) is 0 Å². The molecule has 0 fully saturated rings. The summed E-state index contributed by atoms with van der Waals surface area (Å²) in [6.45, 7) is 4.34. The smallest absolute Gasteiger partial charge is 0.123 e. The van der Waals surface area contributed by atoms with Gasteiger partial charge in [-0.15, -0.1) is 0 Å². The average Bonchev–Trinajstić information content (AvgIpc) is 2.32. The van der Waals surface area contributed by atoms with Crippen LogP contribution < -0.4 is 4.74 Å². The van der Waals surface area contributed by atoms with Crippen LogP contribution >= 0.6 is 23.2 Å². The second kappa shape index (κ2) is 5.44. The van der Waals surface area contributed by atoms with Gasteiger partial charge in [0.15, 0.2) is 0 Å². The minimum absolute atomic E-state index is 0.448.